The molecule has 0 aliphatic heterocycles. The van der Waals surface area contributed by atoms with Gasteiger partial charge in [-0.05, 0) is 36.0 Å². The number of hydrogen-bond acceptors (Lipinski definition) is 0. The number of unbranched alkanes of at least 4 members (excludes halogenated alkanes) is 6. The molecule has 0 heterocycles. The predicted octanol–water partition coefficient (Wildman–Crippen LogP) is 6.40. The maximum Gasteiger partial charge on any atom is -0.0198 e. The summed E-state index contributed by atoms with van der Waals surface area (Å²) in [6.07, 6.45) is 11.9. The number of rotatable bonds is 10. The van der Waals surface area contributed by atoms with Gasteiger partial charge in [0.1, 0.15) is 0 Å². The van der Waals surface area contributed by atoms with Gasteiger partial charge in [-0.15, -0.1) is 0 Å². The molecule has 0 saturated carbocycles. The Morgan fingerprint density at radius 1 is 0.895 bits per heavy atom. The van der Waals surface area contributed by atoms with E-state index in [1.54, 1.807) is 0 Å². The van der Waals surface area contributed by atoms with Crippen molar-refractivity contribution in [2.75, 3.05) is 0 Å². The van der Waals surface area contributed by atoms with Crippen LogP contribution in [0.3, 0.4) is 0 Å². The van der Waals surface area contributed by atoms with E-state index in [-0.39, 0.29) is 0 Å². The predicted molar refractivity (Wildman–Crippen MR) is 87.5 cm³/mol. The van der Waals surface area contributed by atoms with Crippen molar-refractivity contribution >= 4 is 5.57 Å². The first-order chi connectivity index (χ1) is 9.29. The molecule has 0 spiro atoms. The Hall–Kier alpha value is -1.04. The maximum atomic E-state index is 4.18. The zero-order chi connectivity index (χ0) is 13.9. The van der Waals surface area contributed by atoms with Gasteiger partial charge in [0.05, 0.1) is 0 Å². The van der Waals surface area contributed by atoms with Crippen molar-refractivity contribution in [3.05, 3.63) is 42.0 Å². The van der Waals surface area contributed by atoms with E-state index in [0.717, 1.165) is 6.42 Å². The Labute approximate surface area is 119 Å². The third kappa shape index (κ3) is 6.09. The summed E-state index contributed by atoms with van der Waals surface area (Å²) in [7, 11) is 0. The minimum absolute atomic E-state index is 1.05. The van der Waals surface area contributed by atoms with E-state index in [1.807, 2.05) is 0 Å². The van der Waals surface area contributed by atoms with Gasteiger partial charge in [0.15, 0.2) is 0 Å². The molecule has 1 aromatic rings. The van der Waals surface area contributed by atoms with Crippen LogP contribution in [0.1, 0.15) is 76.3 Å². The monoisotopic (exact) mass is 258 g/mol. The molecular weight excluding hydrogens is 228 g/mol. The molecule has 0 N–H and O–H groups in total. The summed E-state index contributed by atoms with van der Waals surface area (Å²) >= 11 is 0. The fourth-order valence-corrected chi connectivity index (χ4v) is 2.55. The highest BCUT2D eigenvalue weighted by molar-refractivity contribution is 5.66. The fraction of sp³-hybridized carbons (Fsp3) is 0.579. The minimum Gasteiger partial charge on any atom is -0.0952 e. The average Bonchev–Trinajstić information content (AvgIpc) is 2.46. The molecule has 0 aromatic heterocycles. The van der Waals surface area contributed by atoms with Gasteiger partial charge in [-0.2, -0.15) is 0 Å². The third-order valence-electron chi connectivity index (χ3n) is 3.87. The van der Waals surface area contributed by atoms with Crippen molar-refractivity contribution in [2.45, 2.75) is 71.6 Å². The van der Waals surface area contributed by atoms with Crippen LogP contribution < -0.4 is 0 Å². The Morgan fingerprint density at radius 2 is 1.53 bits per heavy atom. The standard InChI is InChI=1S/C19H30/c1-4-6-7-8-9-10-11-14-18-15-12-13-16-19(18)17(3)5-2/h12-13,15-16H,3-11,14H2,1-2H3. The maximum absolute atomic E-state index is 4.18. The molecule has 0 aliphatic rings. The van der Waals surface area contributed by atoms with Gasteiger partial charge in [-0.3, -0.25) is 0 Å². The molecule has 1 aromatic carbocycles. The summed E-state index contributed by atoms with van der Waals surface area (Å²) < 4.78 is 0. The van der Waals surface area contributed by atoms with Crippen LogP contribution in [0.15, 0.2) is 30.8 Å². The van der Waals surface area contributed by atoms with Gasteiger partial charge in [0.2, 0.25) is 0 Å². The summed E-state index contributed by atoms with van der Waals surface area (Å²) in [5.41, 5.74) is 4.15. The Balaban J connectivity index is 2.31. The molecule has 0 unspecified atom stereocenters. The van der Waals surface area contributed by atoms with Crippen LogP contribution in [0.5, 0.6) is 0 Å². The highest BCUT2D eigenvalue weighted by Gasteiger charge is 2.03. The van der Waals surface area contributed by atoms with Crippen molar-refractivity contribution in [1.29, 1.82) is 0 Å². The molecule has 19 heavy (non-hydrogen) atoms. The topological polar surface area (TPSA) is 0 Å². The van der Waals surface area contributed by atoms with E-state index in [9.17, 15) is 0 Å². The number of aryl methyl sites for hydroxylation is 1. The van der Waals surface area contributed by atoms with E-state index < -0.39 is 0 Å². The van der Waals surface area contributed by atoms with Crippen LogP contribution in [-0.4, -0.2) is 0 Å². The Bertz CT molecular complexity index is 362. The van der Waals surface area contributed by atoms with Gasteiger partial charge >= 0.3 is 0 Å². The normalized spacial score (nSPS) is 10.6. The van der Waals surface area contributed by atoms with E-state index in [2.05, 4.69) is 44.7 Å². The lowest BCUT2D eigenvalue weighted by Crippen LogP contribution is -1.93. The molecule has 0 fully saturated rings. The van der Waals surface area contributed by atoms with E-state index >= 15 is 0 Å². The molecule has 0 amide bonds. The second kappa shape index (κ2) is 9.83. The van der Waals surface area contributed by atoms with Crippen molar-refractivity contribution in [3.8, 4) is 0 Å². The highest BCUT2D eigenvalue weighted by Crippen LogP contribution is 2.22. The number of allylic oxidation sites excluding steroid dienone is 1. The van der Waals surface area contributed by atoms with Gasteiger partial charge in [-0.25, -0.2) is 0 Å². The van der Waals surface area contributed by atoms with Crippen LogP contribution in [0.4, 0.5) is 0 Å². The molecule has 0 aliphatic carbocycles. The largest absolute Gasteiger partial charge is 0.0952 e. The van der Waals surface area contributed by atoms with Crippen LogP contribution in [0.2, 0.25) is 0 Å². The van der Waals surface area contributed by atoms with Gasteiger partial charge in [-0.1, -0.05) is 83.2 Å². The second-order valence-corrected chi connectivity index (χ2v) is 5.49. The summed E-state index contributed by atoms with van der Waals surface area (Å²) in [4.78, 5) is 0. The van der Waals surface area contributed by atoms with Crippen LogP contribution in [-0.2, 0) is 6.42 Å². The van der Waals surface area contributed by atoms with Gasteiger partial charge in [0.25, 0.3) is 0 Å². The Kier molecular flexibility index (Phi) is 8.29. The molecule has 1 rings (SSSR count). The first-order valence-electron chi connectivity index (χ1n) is 8.05. The molecule has 0 heteroatoms. The summed E-state index contributed by atoms with van der Waals surface area (Å²) in [6.45, 7) is 8.64. The fourth-order valence-electron chi connectivity index (χ4n) is 2.55. The summed E-state index contributed by atoms with van der Waals surface area (Å²) in [6, 6.07) is 8.78. The van der Waals surface area contributed by atoms with Crippen LogP contribution in [0.25, 0.3) is 5.57 Å². The molecule has 0 radical (unpaired) electrons. The zero-order valence-electron chi connectivity index (χ0n) is 12.9. The molecule has 0 atom stereocenters. The number of hydrogen-bond donors (Lipinski definition) is 0. The van der Waals surface area contributed by atoms with Crippen molar-refractivity contribution < 1.29 is 0 Å². The average molecular weight is 258 g/mol. The van der Waals surface area contributed by atoms with Gasteiger partial charge in [0, 0.05) is 0 Å². The smallest absolute Gasteiger partial charge is 0.0198 e. The zero-order valence-corrected chi connectivity index (χ0v) is 12.9. The molecular formula is C19H30. The quantitative estimate of drug-likeness (QED) is 0.426. The Morgan fingerprint density at radius 3 is 2.21 bits per heavy atom. The van der Waals surface area contributed by atoms with Crippen molar-refractivity contribution in [2.24, 2.45) is 0 Å². The highest BCUT2D eigenvalue weighted by atomic mass is 14.1. The van der Waals surface area contributed by atoms with E-state index in [4.69, 9.17) is 0 Å². The third-order valence-corrected chi connectivity index (χ3v) is 3.87. The molecule has 0 nitrogen and oxygen atoms in total. The molecule has 0 bridgehead atoms. The van der Waals surface area contributed by atoms with Crippen LogP contribution >= 0.6 is 0 Å². The lowest BCUT2D eigenvalue weighted by Gasteiger charge is -2.10. The first kappa shape index (κ1) is 16.0. The summed E-state index contributed by atoms with van der Waals surface area (Å²) in [5, 5.41) is 0. The van der Waals surface area contributed by atoms with Crippen molar-refractivity contribution in [3.63, 3.8) is 0 Å². The minimum atomic E-state index is 1.05. The lowest BCUT2D eigenvalue weighted by molar-refractivity contribution is 0.589. The molecule has 106 valence electrons. The lowest BCUT2D eigenvalue weighted by atomic mass is 9.95. The SMILES string of the molecule is C=C(CC)c1ccccc1CCCCCCCCC. The summed E-state index contributed by atoms with van der Waals surface area (Å²) in [5.74, 6) is 0. The first-order valence-corrected chi connectivity index (χ1v) is 8.05. The second-order valence-electron chi connectivity index (χ2n) is 5.49. The van der Waals surface area contributed by atoms with E-state index in [0.29, 0.717) is 0 Å². The molecule has 0 saturated heterocycles. The van der Waals surface area contributed by atoms with Crippen molar-refractivity contribution in [1.82, 2.24) is 0 Å². The van der Waals surface area contributed by atoms with E-state index in [1.165, 1.54) is 68.1 Å². The van der Waals surface area contributed by atoms with Gasteiger partial charge < -0.3 is 0 Å². The number of benzene rings is 1. The van der Waals surface area contributed by atoms with Crippen LogP contribution in [0, 0.1) is 0 Å².